The highest BCUT2D eigenvalue weighted by molar-refractivity contribution is 5.76. The first-order valence-electron chi connectivity index (χ1n) is 14.8. The molecule has 3 fully saturated rings. The van der Waals surface area contributed by atoms with Gasteiger partial charge in [-0.15, -0.1) is 0 Å². The molecular weight excluding hydrogens is 556 g/mol. The minimum Gasteiger partial charge on any atom is -0.465 e. The molecule has 2 aromatic carbocycles. The van der Waals surface area contributed by atoms with Crippen molar-refractivity contribution in [2.24, 2.45) is 11.3 Å². The number of carboxylic acid groups (broad SMARTS) is 1. The number of piperazine rings is 1. The Morgan fingerprint density at radius 2 is 1.67 bits per heavy atom. The van der Waals surface area contributed by atoms with Crippen molar-refractivity contribution in [2.45, 2.75) is 44.7 Å². The van der Waals surface area contributed by atoms with Gasteiger partial charge in [-0.25, -0.2) is 23.4 Å². The van der Waals surface area contributed by atoms with E-state index in [0.717, 1.165) is 37.3 Å². The van der Waals surface area contributed by atoms with Crippen LogP contribution in [0.3, 0.4) is 0 Å². The van der Waals surface area contributed by atoms with E-state index >= 15 is 0 Å². The number of carbonyl (C=O) groups excluding carboxylic acids is 1. The van der Waals surface area contributed by atoms with Gasteiger partial charge in [-0.2, -0.15) is 0 Å². The Morgan fingerprint density at radius 3 is 2.35 bits per heavy atom. The third kappa shape index (κ3) is 5.85. The molecule has 226 valence electrons. The van der Waals surface area contributed by atoms with Gasteiger partial charge in [-0.05, 0) is 48.3 Å². The third-order valence-corrected chi connectivity index (χ3v) is 9.52. The fourth-order valence-electron chi connectivity index (χ4n) is 7.29. The molecule has 3 aromatic rings. The van der Waals surface area contributed by atoms with E-state index in [1.54, 1.807) is 21.9 Å². The van der Waals surface area contributed by atoms with Crippen LogP contribution in [0, 0.1) is 23.0 Å². The number of hydrogen-bond acceptors (Lipinski definition) is 4. The molecule has 43 heavy (non-hydrogen) atoms. The summed E-state index contributed by atoms with van der Waals surface area (Å²) in [7, 11) is 0. The molecule has 1 N–H and O–H groups in total. The van der Waals surface area contributed by atoms with Gasteiger partial charge < -0.3 is 19.8 Å². The third-order valence-electron chi connectivity index (χ3n) is 9.52. The van der Waals surface area contributed by atoms with Gasteiger partial charge in [0, 0.05) is 57.0 Å². The molecule has 3 heterocycles. The Labute approximate surface area is 248 Å². The number of urea groups is 1. The lowest BCUT2D eigenvalue weighted by Crippen LogP contribution is -2.59. The number of piperidine rings is 1. The summed E-state index contributed by atoms with van der Waals surface area (Å²) < 4.78 is 30.0. The number of nitrogens with zero attached hydrogens (tertiary/aromatic N) is 5. The Morgan fingerprint density at radius 1 is 0.953 bits per heavy atom. The molecule has 9 nitrogen and oxygen atoms in total. The highest BCUT2D eigenvalue weighted by Gasteiger charge is 2.48. The summed E-state index contributed by atoms with van der Waals surface area (Å²) in [4.78, 5) is 48.0. The first-order chi connectivity index (χ1) is 20.7. The Kier molecular flexibility index (Phi) is 7.89. The molecule has 2 unspecified atom stereocenters. The maximum Gasteiger partial charge on any atom is 0.407 e. The summed E-state index contributed by atoms with van der Waals surface area (Å²) in [5.41, 5.74) is 1.48. The summed E-state index contributed by atoms with van der Waals surface area (Å²) in [5, 5.41) is 9.60. The summed E-state index contributed by atoms with van der Waals surface area (Å²) in [6.45, 7) is 1.68. The Bertz CT molecular complexity index is 1540. The van der Waals surface area contributed by atoms with E-state index in [4.69, 9.17) is 0 Å². The first-order valence-corrected chi connectivity index (χ1v) is 14.8. The molecule has 1 aromatic heterocycles. The second kappa shape index (κ2) is 11.8. The summed E-state index contributed by atoms with van der Waals surface area (Å²) in [6.07, 6.45) is 5.15. The zero-order chi connectivity index (χ0) is 30.1. The zero-order valence-electron chi connectivity index (χ0n) is 23.9. The molecule has 1 saturated carbocycles. The summed E-state index contributed by atoms with van der Waals surface area (Å²) in [5.74, 6) is -1.37. The number of aromatic nitrogens is 2. The molecule has 1 spiro atoms. The largest absolute Gasteiger partial charge is 0.465 e. The second-order valence-electron chi connectivity index (χ2n) is 12.0. The monoisotopic (exact) mass is 591 g/mol. The number of rotatable bonds is 4. The van der Waals surface area contributed by atoms with Gasteiger partial charge in [-0.1, -0.05) is 43.2 Å². The number of carbonyl (C=O) groups is 2. The van der Waals surface area contributed by atoms with E-state index in [0.29, 0.717) is 31.7 Å². The van der Waals surface area contributed by atoms with Crippen molar-refractivity contribution in [3.05, 3.63) is 88.5 Å². The predicted molar refractivity (Wildman–Crippen MR) is 155 cm³/mol. The Hall–Kier alpha value is -4.28. The zero-order valence-corrected chi connectivity index (χ0v) is 23.9. The number of amides is 3. The highest BCUT2D eigenvalue weighted by Crippen LogP contribution is 2.49. The molecule has 2 aliphatic heterocycles. The van der Waals surface area contributed by atoms with E-state index in [1.807, 2.05) is 35.2 Å². The van der Waals surface area contributed by atoms with Crippen molar-refractivity contribution in [3.8, 4) is 11.3 Å². The predicted octanol–water partition coefficient (Wildman–Crippen LogP) is 5.23. The van der Waals surface area contributed by atoms with Crippen molar-refractivity contribution < 1.29 is 23.5 Å². The van der Waals surface area contributed by atoms with Crippen LogP contribution in [0.5, 0.6) is 0 Å². The molecule has 11 heteroatoms. The van der Waals surface area contributed by atoms with E-state index in [1.165, 1.54) is 17.0 Å². The lowest BCUT2D eigenvalue weighted by atomic mass is 9.69. The SMILES string of the molecule is O=C(O)N1CCN(C(=O)N2CCC(Cn3cnc(-c4ccccc4)cc3=O)C3(CCCC3)C2)C(c2cc(F)cc(F)c2)C1. The molecule has 1 aliphatic carbocycles. The van der Waals surface area contributed by atoms with Crippen LogP contribution in [0.4, 0.5) is 18.4 Å². The average molecular weight is 592 g/mol. The van der Waals surface area contributed by atoms with Crippen LogP contribution in [0.2, 0.25) is 0 Å². The average Bonchev–Trinajstić information content (AvgIpc) is 3.47. The summed E-state index contributed by atoms with van der Waals surface area (Å²) >= 11 is 0. The van der Waals surface area contributed by atoms with Gasteiger partial charge in [0.05, 0.1) is 18.1 Å². The van der Waals surface area contributed by atoms with Crippen LogP contribution in [0.15, 0.2) is 65.7 Å². The van der Waals surface area contributed by atoms with Gasteiger partial charge in [0.2, 0.25) is 0 Å². The van der Waals surface area contributed by atoms with Crippen molar-refractivity contribution in [2.75, 3.05) is 32.7 Å². The van der Waals surface area contributed by atoms with Gasteiger partial charge in [0.25, 0.3) is 5.56 Å². The highest BCUT2D eigenvalue weighted by atomic mass is 19.1. The lowest BCUT2D eigenvalue weighted by molar-refractivity contribution is 0.0159. The Balaban J connectivity index is 1.21. The van der Waals surface area contributed by atoms with Crippen LogP contribution < -0.4 is 5.56 Å². The normalized spacial score (nSPS) is 21.8. The van der Waals surface area contributed by atoms with Crippen LogP contribution in [0.1, 0.15) is 43.7 Å². The quantitative estimate of drug-likeness (QED) is 0.448. The van der Waals surface area contributed by atoms with Gasteiger partial charge in [0.1, 0.15) is 11.6 Å². The van der Waals surface area contributed by atoms with E-state index in [2.05, 4.69) is 4.98 Å². The van der Waals surface area contributed by atoms with Crippen LogP contribution in [-0.2, 0) is 6.54 Å². The van der Waals surface area contributed by atoms with Crippen molar-refractivity contribution >= 4 is 12.1 Å². The molecule has 6 rings (SSSR count). The molecular formula is C32H35F2N5O4. The number of halogens is 2. The molecule has 2 atom stereocenters. The van der Waals surface area contributed by atoms with E-state index < -0.39 is 23.8 Å². The topological polar surface area (TPSA) is 99.0 Å². The van der Waals surface area contributed by atoms with Crippen LogP contribution in [0.25, 0.3) is 11.3 Å². The first kappa shape index (κ1) is 28.8. The molecule has 0 bridgehead atoms. The standard InChI is InChI=1S/C32H35F2N5O4/c33-25-14-23(15-26(34)16-25)28-19-36(31(42)43)12-13-39(28)30(41)37-11-8-24(32(20-37)9-4-5-10-32)18-38-21-35-27(17-29(38)40)22-6-2-1-3-7-22/h1-3,6-7,14-17,21,24,28H,4-5,8-13,18-20H2,(H,42,43). The second-order valence-corrected chi connectivity index (χ2v) is 12.0. The maximum absolute atomic E-state index is 14.2. The van der Waals surface area contributed by atoms with E-state index in [9.17, 15) is 28.3 Å². The van der Waals surface area contributed by atoms with Crippen molar-refractivity contribution in [3.63, 3.8) is 0 Å². The molecule has 2 saturated heterocycles. The smallest absolute Gasteiger partial charge is 0.407 e. The minimum atomic E-state index is -1.14. The van der Waals surface area contributed by atoms with Crippen molar-refractivity contribution in [1.82, 2.24) is 24.3 Å². The fourth-order valence-corrected chi connectivity index (χ4v) is 7.29. The van der Waals surface area contributed by atoms with Gasteiger partial charge in [0.15, 0.2) is 0 Å². The van der Waals surface area contributed by atoms with Gasteiger partial charge >= 0.3 is 12.1 Å². The number of benzene rings is 2. The minimum absolute atomic E-state index is 0.0690. The number of hydrogen-bond donors (Lipinski definition) is 1. The fraction of sp³-hybridized carbons (Fsp3) is 0.438. The maximum atomic E-state index is 14.2. The van der Waals surface area contributed by atoms with E-state index in [-0.39, 0.29) is 48.1 Å². The van der Waals surface area contributed by atoms with Crippen molar-refractivity contribution in [1.29, 1.82) is 0 Å². The van der Waals surface area contributed by atoms with Crippen LogP contribution >= 0.6 is 0 Å². The number of likely N-dealkylation sites (tertiary alicyclic amines) is 1. The van der Waals surface area contributed by atoms with Gasteiger partial charge in [-0.3, -0.25) is 9.36 Å². The van der Waals surface area contributed by atoms with Crippen LogP contribution in [-0.4, -0.2) is 74.2 Å². The summed E-state index contributed by atoms with van der Waals surface area (Å²) in [6, 6.07) is 13.2. The lowest BCUT2D eigenvalue weighted by Gasteiger charge is -2.49. The molecule has 3 aliphatic rings. The molecule has 0 radical (unpaired) electrons. The molecule has 3 amide bonds.